The molecule has 0 radical (unpaired) electrons. The second-order valence-electron chi connectivity index (χ2n) is 5.09. The molecule has 1 aliphatic rings. The summed E-state index contributed by atoms with van der Waals surface area (Å²) in [5.41, 5.74) is 0.293. The summed E-state index contributed by atoms with van der Waals surface area (Å²) in [6.45, 7) is 2.85. The Morgan fingerprint density at radius 3 is 2.94 bits per heavy atom. The fourth-order valence-corrected chi connectivity index (χ4v) is 2.20. The van der Waals surface area contributed by atoms with E-state index in [1.807, 2.05) is 38.1 Å². The number of pyridine rings is 1. The standard InChI is InChI=1S/C13H20N4O/c1-13(7-5-9-15-13)12(18)16-10-6-4-8-14-11(10)17(2)3/h4,6,8,15H,5,7,9H2,1-3H3,(H,16,18). The molecule has 2 N–H and O–H groups in total. The van der Waals surface area contributed by atoms with Crippen molar-refractivity contribution in [3.63, 3.8) is 0 Å². The monoisotopic (exact) mass is 248 g/mol. The molecule has 0 aromatic carbocycles. The Morgan fingerprint density at radius 2 is 2.33 bits per heavy atom. The highest BCUT2D eigenvalue weighted by Crippen LogP contribution is 2.24. The Morgan fingerprint density at radius 1 is 1.56 bits per heavy atom. The Kier molecular flexibility index (Phi) is 3.52. The number of nitrogens with zero attached hydrogens (tertiary/aromatic N) is 2. The summed E-state index contributed by atoms with van der Waals surface area (Å²) in [6.07, 6.45) is 3.63. The lowest BCUT2D eigenvalue weighted by atomic mass is 9.99. The molecule has 0 saturated carbocycles. The molecule has 1 aromatic rings. The highest BCUT2D eigenvalue weighted by atomic mass is 16.2. The summed E-state index contributed by atoms with van der Waals surface area (Å²) in [7, 11) is 3.82. The lowest BCUT2D eigenvalue weighted by Crippen LogP contribution is -2.48. The third-order valence-corrected chi connectivity index (χ3v) is 3.33. The van der Waals surface area contributed by atoms with Crippen LogP contribution in [-0.4, -0.2) is 37.1 Å². The molecule has 2 rings (SSSR count). The first-order chi connectivity index (χ1) is 8.53. The number of carbonyl (C=O) groups excluding carboxylic acids is 1. The van der Waals surface area contributed by atoms with Crippen LogP contribution in [0.5, 0.6) is 0 Å². The molecule has 0 aliphatic carbocycles. The van der Waals surface area contributed by atoms with E-state index < -0.39 is 5.54 Å². The molecular formula is C13H20N4O. The number of rotatable bonds is 3. The van der Waals surface area contributed by atoms with Gasteiger partial charge in [-0.25, -0.2) is 4.98 Å². The van der Waals surface area contributed by atoms with Crippen LogP contribution < -0.4 is 15.5 Å². The van der Waals surface area contributed by atoms with Gasteiger partial charge in [0.05, 0.1) is 11.2 Å². The van der Waals surface area contributed by atoms with Crippen LogP contribution in [0, 0.1) is 0 Å². The normalized spacial score (nSPS) is 22.8. The van der Waals surface area contributed by atoms with E-state index in [1.54, 1.807) is 6.20 Å². The first-order valence-electron chi connectivity index (χ1n) is 6.22. The van der Waals surface area contributed by atoms with Crippen LogP contribution in [0.1, 0.15) is 19.8 Å². The molecule has 1 saturated heterocycles. The zero-order valence-electron chi connectivity index (χ0n) is 11.2. The van der Waals surface area contributed by atoms with Crippen molar-refractivity contribution in [3.05, 3.63) is 18.3 Å². The minimum atomic E-state index is -0.459. The molecule has 5 heteroatoms. The third kappa shape index (κ3) is 2.46. The van der Waals surface area contributed by atoms with Crippen LogP contribution in [0.3, 0.4) is 0 Å². The van der Waals surface area contributed by atoms with E-state index in [0.717, 1.165) is 30.9 Å². The van der Waals surface area contributed by atoms with Crippen LogP contribution in [0.15, 0.2) is 18.3 Å². The van der Waals surface area contributed by atoms with Gasteiger partial charge in [-0.3, -0.25) is 4.79 Å². The summed E-state index contributed by atoms with van der Waals surface area (Å²) in [5.74, 6) is 0.781. The van der Waals surface area contributed by atoms with Gasteiger partial charge in [-0.15, -0.1) is 0 Å². The first kappa shape index (κ1) is 12.8. The van der Waals surface area contributed by atoms with Crippen molar-refractivity contribution >= 4 is 17.4 Å². The molecule has 2 heterocycles. The molecule has 1 aliphatic heterocycles. The summed E-state index contributed by atoms with van der Waals surface area (Å²) in [6, 6.07) is 3.70. The average molecular weight is 248 g/mol. The molecule has 98 valence electrons. The van der Waals surface area contributed by atoms with Gasteiger partial charge in [0.15, 0.2) is 5.82 Å². The van der Waals surface area contributed by atoms with Crippen molar-refractivity contribution in [1.29, 1.82) is 0 Å². The number of aromatic nitrogens is 1. The maximum Gasteiger partial charge on any atom is 0.244 e. The van der Waals surface area contributed by atoms with Crippen LogP contribution in [0.2, 0.25) is 0 Å². The fraction of sp³-hybridized carbons (Fsp3) is 0.538. The van der Waals surface area contributed by atoms with E-state index in [1.165, 1.54) is 0 Å². The lowest BCUT2D eigenvalue weighted by molar-refractivity contribution is -0.121. The van der Waals surface area contributed by atoms with Gasteiger partial charge in [0.25, 0.3) is 0 Å². The molecule has 18 heavy (non-hydrogen) atoms. The molecular weight excluding hydrogens is 228 g/mol. The highest BCUT2D eigenvalue weighted by molar-refractivity contribution is 5.99. The number of nitrogens with one attached hydrogen (secondary N) is 2. The van der Waals surface area contributed by atoms with Gasteiger partial charge in [0.1, 0.15) is 0 Å². The van der Waals surface area contributed by atoms with Crippen LogP contribution in [0.4, 0.5) is 11.5 Å². The number of carbonyl (C=O) groups is 1. The number of hydrogen-bond donors (Lipinski definition) is 2. The Labute approximate surface area is 108 Å². The minimum absolute atomic E-state index is 0.0103. The number of amides is 1. The molecule has 0 spiro atoms. The Hall–Kier alpha value is -1.62. The largest absolute Gasteiger partial charge is 0.361 e. The molecule has 1 atom stereocenters. The quantitative estimate of drug-likeness (QED) is 0.844. The van der Waals surface area contributed by atoms with E-state index in [0.29, 0.717) is 0 Å². The maximum atomic E-state index is 12.3. The maximum absolute atomic E-state index is 12.3. The summed E-state index contributed by atoms with van der Waals surface area (Å²) < 4.78 is 0. The van der Waals surface area contributed by atoms with Crippen molar-refractivity contribution in [2.45, 2.75) is 25.3 Å². The van der Waals surface area contributed by atoms with E-state index >= 15 is 0 Å². The van der Waals surface area contributed by atoms with Crippen molar-refractivity contribution in [1.82, 2.24) is 10.3 Å². The van der Waals surface area contributed by atoms with Gasteiger partial charge in [-0.05, 0) is 38.4 Å². The van der Waals surface area contributed by atoms with Crippen LogP contribution >= 0.6 is 0 Å². The molecule has 0 bridgehead atoms. The van der Waals surface area contributed by atoms with Gasteiger partial charge < -0.3 is 15.5 Å². The van der Waals surface area contributed by atoms with Gasteiger partial charge in [0.2, 0.25) is 5.91 Å². The first-order valence-corrected chi connectivity index (χ1v) is 6.22. The van der Waals surface area contributed by atoms with E-state index in [4.69, 9.17) is 0 Å². The van der Waals surface area contributed by atoms with Crippen molar-refractivity contribution in [3.8, 4) is 0 Å². The van der Waals surface area contributed by atoms with Gasteiger partial charge in [0, 0.05) is 20.3 Å². The minimum Gasteiger partial charge on any atom is -0.361 e. The van der Waals surface area contributed by atoms with Gasteiger partial charge in [-0.1, -0.05) is 0 Å². The van der Waals surface area contributed by atoms with Crippen molar-refractivity contribution in [2.75, 3.05) is 30.9 Å². The van der Waals surface area contributed by atoms with E-state index in [2.05, 4.69) is 15.6 Å². The highest BCUT2D eigenvalue weighted by Gasteiger charge is 2.36. The van der Waals surface area contributed by atoms with Crippen LogP contribution in [0.25, 0.3) is 0 Å². The SMILES string of the molecule is CN(C)c1ncccc1NC(=O)C1(C)CCCN1. The number of hydrogen-bond acceptors (Lipinski definition) is 4. The predicted molar refractivity (Wildman–Crippen MR) is 72.8 cm³/mol. The lowest BCUT2D eigenvalue weighted by Gasteiger charge is -2.24. The zero-order chi connectivity index (χ0) is 13.2. The molecule has 1 unspecified atom stereocenters. The predicted octanol–water partition coefficient (Wildman–Crippen LogP) is 1.23. The summed E-state index contributed by atoms with van der Waals surface area (Å²) >= 11 is 0. The second kappa shape index (κ2) is 4.94. The smallest absolute Gasteiger partial charge is 0.244 e. The van der Waals surface area contributed by atoms with Crippen molar-refractivity contribution < 1.29 is 4.79 Å². The second-order valence-corrected chi connectivity index (χ2v) is 5.09. The molecule has 1 amide bonds. The van der Waals surface area contributed by atoms with E-state index in [9.17, 15) is 4.79 Å². The van der Waals surface area contributed by atoms with Crippen molar-refractivity contribution in [2.24, 2.45) is 0 Å². The Bertz CT molecular complexity index is 438. The fourth-order valence-electron chi connectivity index (χ4n) is 2.20. The number of anilines is 2. The average Bonchev–Trinajstić information content (AvgIpc) is 2.78. The third-order valence-electron chi connectivity index (χ3n) is 3.33. The zero-order valence-corrected chi connectivity index (χ0v) is 11.2. The molecule has 5 nitrogen and oxygen atoms in total. The van der Waals surface area contributed by atoms with Gasteiger partial charge in [-0.2, -0.15) is 0 Å². The summed E-state index contributed by atoms with van der Waals surface area (Å²) in [5, 5.41) is 6.22. The molecule has 1 fully saturated rings. The van der Waals surface area contributed by atoms with Gasteiger partial charge >= 0.3 is 0 Å². The van der Waals surface area contributed by atoms with Crippen LogP contribution in [-0.2, 0) is 4.79 Å². The summed E-state index contributed by atoms with van der Waals surface area (Å²) in [4.78, 5) is 18.5. The van der Waals surface area contributed by atoms with E-state index in [-0.39, 0.29) is 5.91 Å². The molecule has 1 aromatic heterocycles. The Balaban J connectivity index is 2.16. The topological polar surface area (TPSA) is 57.3 Å².